The third kappa shape index (κ3) is 5.91. The lowest BCUT2D eigenvalue weighted by Gasteiger charge is -2.36. The fourth-order valence-electron chi connectivity index (χ4n) is 3.85. The zero-order chi connectivity index (χ0) is 23.2. The van der Waals surface area contributed by atoms with E-state index in [9.17, 15) is 18.7 Å². The van der Waals surface area contributed by atoms with Crippen LogP contribution in [-0.2, 0) is 11.3 Å². The number of benzene rings is 2. The molecule has 0 radical (unpaired) electrons. The van der Waals surface area contributed by atoms with E-state index >= 15 is 0 Å². The van der Waals surface area contributed by atoms with Crippen molar-refractivity contribution < 1.29 is 23.4 Å². The van der Waals surface area contributed by atoms with Crippen molar-refractivity contribution in [3.63, 3.8) is 0 Å². The van der Waals surface area contributed by atoms with Gasteiger partial charge in [0.15, 0.2) is 0 Å². The van der Waals surface area contributed by atoms with Crippen LogP contribution in [0, 0.1) is 11.6 Å². The van der Waals surface area contributed by atoms with Gasteiger partial charge < -0.3 is 20.5 Å². The van der Waals surface area contributed by atoms with Gasteiger partial charge in [-0.15, -0.1) is 5.10 Å². The van der Waals surface area contributed by atoms with Gasteiger partial charge in [-0.25, -0.2) is 13.6 Å². The molecule has 0 spiro atoms. The molecule has 1 aliphatic rings. The molecule has 1 fully saturated rings. The minimum Gasteiger partial charge on any atom is -0.394 e. The number of carbonyl (C=O) groups excluding carboxylic acids is 1. The van der Waals surface area contributed by atoms with Crippen molar-refractivity contribution in [3.05, 3.63) is 66.4 Å². The molecule has 0 aliphatic carbocycles. The van der Waals surface area contributed by atoms with Crippen molar-refractivity contribution in [1.82, 2.24) is 20.3 Å². The van der Waals surface area contributed by atoms with E-state index in [0.717, 1.165) is 0 Å². The molecule has 1 saturated heterocycles. The smallest absolute Gasteiger partial charge is 0.319 e. The van der Waals surface area contributed by atoms with Gasteiger partial charge in [0.2, 0.25) is 0 Å². The zero-order valence-corrected chi connectivity index (χ0v) is 17.8. The zero-order valence-electron chi connectivity index (χ0n) is 17.8. The number of aliphatic hydroxyl groups is 1. The third-order valence-electron chi connectivity index (χ3n) is 5.58. The molecule has 3 aromatic rings. The highest BCUT2D eigenvalue weighted by Crippen LogP contribution is 2.24. The van der Waals surface area contributed by atoms with Crippen LogP contribution in [0.1, 0.15) is 19.3 Å². The van der Waals surface area contributed by atoms with E-state index in [2.05, 4.69) is 20.9 Å². The Morgan fingerprint density at radius 3 is 2.70 bits per heavy atom. The molecule has 3 N–H and O–H groups in total. The molecule has 2 heterocycles. The number of aryl methyl sites for hydroxylation is 1. The minimum absolute atomic E-state index is 0.124. The van der Waals surface area contributed by atoms with Crippen LogP contribution < -0.4 is 10.6 Å². The van der Waals surface area contributed by atoms with Gasteiger partial charge in [-0.2, -0.15) is 0 Å². The van der Waals surface area contributed by atoms with Gasteiger partial charge in [0.1, 0.15) is 23.4 Å². The number of ether oxygens (including phenoxy) is 1. The maximum atomic E-state index is 13.9. The molecule has 8 nitrogen and oxygen atoms in total. The maximum absolute atomic E-state index is 13.9. The number of carbonyl (C=O) groups is 1. The Kier molecular flexibility index (Phi) is 7.26. The average Bonchev–Trinajstić information content (AvgIpc) is 3.29. The molecule has 174 valence electrons. The van der Waals surface area contributed by atoms with Gasteiger partial charge in [-0.05, 0) is 55.7 Å². The highest BCUT2D eigenvalue weighted by atomic mass is 19.1. The van der Waals surface area contributed by atoms with Crippen molar-refractivity contribution in [2.24, 2.45) is 0 Å². The maximum Gasteiger partial charge on any atom is 0.319 e. The number of nitrogens with one attached hydrogen (secondary N) is 2. The molecular formula is C23H25F2N5O3. The van der Waals surface area contributed by atoms with Crippen LogP contribution in [0.15, 0.2) is 54.7 Å². The second kappa shape index (κ2) is 10.5. The predicted octanol–water partition coefficient (Wildman–Crippen LogP) is 3.34. The van der Waals surface area contributed by atoms with E-state index in [4.69, 9.17) is 4.74 Å². The number of halogens is 2. The van der Waals surface area contributed by atoms with Gasteiger partial charge in [0.25, 0.3) is 0 Å². The molecule has 2 amide bonds. The van der Waals surface area contributed by atoms with E-state index in [1.54, 1.807) is 29.1 Å². The van der Waals surface area contributed by atoms with Crippen LogP contribution >= 0.6 is 0 Å². The van der Waals surface area contributed by atoms with Crippen LogP contribution in [-0.4, -0.2) is 51.0 Å². The summed E-state index contributed by atoms with van der Waals surface area (Å²) in [6, 6.07) is 11.0. The average molecular weight is 457 g/mol. The first-order chi connectivity index (χ1) is 16.0. The SMILES string of the molecule is O=C(Nc1ccc(F)cc1)N[C@H]1CC[C@H](CCn2cc(-c3ccccc3F)nn2)O[C@H]1CO. The molecule has 3 atom stereocenters. The Balaban J connectivity index is 1.27. The van der Waals surface area contributed by atoms with Gasteiger partial charge in [0, 0.05) is 17.8 Å². The number of hydrogen-bond acceptors (Lipinski definition) is 5. The number of rotatable bonds is 7. The fourth-order valence-corrected chi connectivity index (χ4v) is 3.85. The first-order valence-electron chi connectivity index (χ1n) is 10.8. The van der Waals surface area contributed by atoms with Crippen LogP contribution in [0.5, 0.6) is 0 Å². The van der Waals surface area contributed by atoms with Crippen LogP contribution in [0.2, 0.25) is 0 Å². The summed E-state index contributed by atoms with van der Waals surface area (Å²) < 4.78 is 34.6. The molecule has 0 bridgehead atoms. The van der Waals surface area contributed by atoms with Crippen LogP contribution in [0.25, 0.3) is 11.3 Å². The van der Waals surface area contributed by atoms with Gasteiger partial charge in [-0.3, -0.25) is 4.68 Å². The summed E-state index contributed by atoms with van der Waals surface area (Å²) in [6.45, 7) is 0.284. The lowest BCUT2D eigenvalue weighted by atomic mass is 9.97. The van der Waals surface area contributed by atoms with E-state index in [0.29, 0.717) is 42.8 Å². The van der Waals surface area contributed by atoms with E-state index in [-0.39, 0.29) is 30.4 Å². The molecule has 1 aromatic heterocycles. The number of anilines is 1. The van der Waals surface area contributed by atoms with Crippen molar-refractivity contribution in [2.75, 3.05) is 11.9 Å². The van der Waals surface area contributed by atoms with Gasteiger partial charge in [0.05, 0.1) is 24.9 Å². The highest BCUT2D eigenvalue weighted by molar-refractivity contribution is 5.89. The Labute approximate surface area is 189 Å². The first-order valence-corrected chi connectivity index (χ1v) is 10.8. The summed E-state index contributed by atoms with van der Waals surface area (Å²) in [5.41, 5.74) is 1.32. The topological polar surface area (TPSA) is 101 Å². The lowest BCUT2D eigenvalue weighted by molar-refractivity contribution is -0.0905. The summed E-state index contributed by atoms with van der Waals surface area (Å²) in [4.78, 5) is 12.3. The number of hydrogen-bond donors (Lipinski definition) is 3. The summed E-state index contributed by atoms with van der Waals surface area (Å²) in [6.07, 6.45) is 2.96. The Hall–Kier alpha value is -3.37. The summed E-state index contributed by atoms with van der Waals surface area (Å²) >= 11 is 0. The quantitative estimate of drug-likeness (QED) is 0.505. The fraction of sp³-hybridized carbons (Fsp3) is 0.348. The van der Waals surface area contributed by atoms with E-state index in [1.807, 2.05) is 0 Å². The summed E-state index contributed by atoms with van der Waals surface area (Å²) in [5.74, 6) is -0.740. The second-order valence-corrected chi connectivity index (χ2v) is 7.90. The first kappa shape index (κ1) is 22.8. The number of aromatic nitrogens is 3. The Morgan fingerprint density at radius 1 is 1.15 bits per heavy atom. The largest absolute Gasteiger partial charge is 0.394 e. The van der Waals surface area contributed by atoms with E-state index < -0.39 is 12.1 Å². The van der Waals surface area contributed by atoms with Gasteiger partial charge >= 0.3 is 6.03 Å². The lowest BCUT2D eigenvalue weighted by Crippen LogP contribution is -2.52. The molecule has 2 aromatic carbocycles. The van der Waals surface area contributed by atoms with E-state index in [1.165, 1.54) is 30.3 Å². The van der Waals surface area contributed by atoms with Crippen molar-refractivity contribution >= 4 is 11.7 Å². The normalized spacial score (nSPS) is 20.4. The number of nitrogens with zero attached hydrogens (tertiary/aromatic N) is 3. The molecule has 0 unspecified atom stereocenters. The van der Waals surface area contributed by atoms with Crippen molar-refractivity contribution in [1.29, 1.82) is 0 Å². The standard InChI is InChI=1S/C23H25F2N5O3/c24-15-5-7-16(8-6-15)26-23(32)27-20-10-9-17(33-22(20)14-31)11-12-30-13-21(28-29-30)18-3-1-2-4-19(18)25/h1-8,13,17,20,22,31H,9-12,14H2,(H2,26,27,32)/t17-,20+,22+/m1/s1. The molecule has 10 heteroatoms. The predicted molar refractivity (Wildman–Crippen MR) is 117 cm³/mol. The monoisotopic (exact) mass is 457 g/mol. The van der Waals surface area contributed by atoms with Crippen molar-refractivity contribution in [2.45, 2.75) is 44.1 Å². The molecule has 1 aliphatic heterocycles. The minimum atomic E-state index is -0.549. The number of urea groups is 1. The second-order valence-electron chi connectivity index (χ2n) is 7.90. The molecular weight excluding hydrogens is 432 g/mol. The summed E-state index contributed by atoms with van der Waals surface area (Å²) in [5, 5.41) is 23.3. The Bertz CT molecular complexity index is 1080. The summed E-state index contributed by atoms with van der Waals surface area (Å²) in [7, 11) is 0. The molecule has 0 saturated carbocycles. The van der Waals surface area contributed by atoms with Gasteiger partial charge in [-0.1, -0.05) is 17.3 Å². The number of aliphatic hydroxyl groups excluding tert-OH is 1. The van der Waals surface area contributed by atoms with Crippen LogP contribution in [0.3, 0.4) is 0 Å². The molecule has 33 heavy (non-hydrogen) atoms. The highest BCUT2D eigenvalue weighted by Gasteiger charge is 2.32. The third-order valence-corrected chi connectivity index (χ3v) is 5.58. The Morgan fingerprint density at radius 2 is 1.94 bits per heavy atom. The van der Waals surface area contributed by atoms with Crippen LogP contribution in [0.4, 0.5) is 19.3 Å². The number of amides is 2. The van der Waals surface area contributed by atoms with Crippen molar-refractivity contribution in [3.8, 4) is 11.3 Å². The molecule has 4 rings (SSSR count).